The van der Waals surface area contributed by atoms with Crippen LogP contribution < -0.4 is 5.32 Å². The number of anilines is 1. The van der Waals surface area contributed by atoms with E-state index >= 15 is 0 Å². The molecule has 0 amide bonds. The molecule has 1 aliphatic rings. The normalized spacial score (nSPS) is 18.4. The van der Waals surface area contributed by atoms with Crippen molar-refractivity contribution in [2.24, 2.45) is 0 Å². The van der Waals surface area contributed by atoms with Gasteiger partial charge in [-0.3, -0.25) is 0 Å². The molecule has 1 aromatic heterocycles. The van der Waals surface area contributed by atoms with Crippen molar-refractivity contribution in [1.29, 1.82) is 0 Å². The average Bonchev–Trinajstić information content (AvgIpc) is 2.79. The topological polar surface area (TPSA) is 58.0 Å². The van der Waals surface area contributed by atoms with Gasteiger partial charge in [0.1, 0.15) is 0 Å². The van der Waals surface area contributed by atoms with Gasteiger partial charge >= 0.3 is 0 Å². The van der Waals surface area contributed by atoms with Gasteiger partial charge in [-0.05, 0) is 37.8 Å². The molecule has 17 heavy (non-hydrogen) atoms. The van der Waals surface area contributed by atoms with Crippen molar-refractivity contribution >= 4 is 17.4 Å². The smallest absolute Gasteiger partial charge is 0.155 e. The SMILES string of the molecule is Cc1c(Cl)nnc(NC2(CO)CCCC2)c1C. The predicted molar refractivity (Wildman–Crippen MR) is 68.4 cm³/mol. The Bertz CT molecular complexity index is 416. The Morgan fingerprint density at radius 2 is 1.88 bits per heavy atom. The summed E-state index contributed by atoms with van der Waals surface area (Å²) in [6.45, 7) is 4.03. The Kier molecular flexibility index (Phi) is 3.54. The van der Waals surface area contributed by atoms with E-state index in [9.17, 15) is 5.11 Å². The van der Waals surface area contributed by atoms with Crippen LogP contribution in [-0.4, -0.2) is 27.4 Å². The van der Waals surface area contributed by atoms with Crippen LogP contribution in [0.25, 0.3) is 0 Å². The molecule has 0 radical (unpaired) electrons. The molecule has 0 atom stereocenters. The maximum Gasteiger partial charge on any atom is 0.155 e. The second-order valence-corrected chi connectivity index (χ2v) is 5.22. The van der Waals surface area contributed by atoms with Crippen molar-refractivity contribution in [3.63, 3.8) is 0 Å². The minimum atomic E-state index is -0.223. The predicted octanol–water partition coefficient (Wildman–Crippen LogP) is 2.46. The minimum Gasteiger partial charge on any atom is -0.394 e. The van der Waals surface area contributed by atoms with Crippen LogP contribution in [0.2, 0.25) is 5.15 Å². The van der Waals surface area contributed by atoms with E-state index in [1.165, 1.54) is 0 Å². The molecule has 0 unspecified atom stereocenters. The van der Waals surface area contributed by atoms with Crippen LogP contribution >= 0.6 is 11.6 Å². The highest BCUT2D eigenvalue weighted by Crippen LogP contribution is 2.33. The van der Waals surface area contributed by atoms with E-state index < -0.39 is 0 Å². The van der Waals surface area contributed by atoms with Gasteiger partial charge in [-0.15, -0.1) is 10.2 Å². The van der Waals surface area contributed by atoms with Crippen LogP contribution in [0.4, 0.5) is 5.82 Å². The quantitative estimate of drug-likeness (QED) is 0.871. The van der Waals surface area contributed by atoms with Gasteiger partial charge in [-0.2, -0.15) is 0 Å². The van der Waals surface area contributed by atoms with Gasteiger partial charge < -0.3 is 10.4 Å². The number of rotatable bonds is 3. The first-order chi connectivity index (χ1) is 8.08. The van der Waals surface area contributed by atoms with Gasteiger partial charge in [0.2, 0.25) is 0 Å². The van der Waals surface area contributed by atoms with Crippen molar-refractivity contribution < 1.29 is 5.11 Å². The molecule has 4 nitrogen and oxygen atoms in total. The van der Waals surface area contributed by atoms with Crippen LogP contribution in [0, 0.1) is 13.8 Å². The van der Waals surface area contributed by atoms with Crippen molar-refractivity contribution in [1.82, 2.24) is 10.2 Å². The van der Waals surface area contributed by atoms with Crippen molar-refractivity contribution in [3.05, 3.63) is 16.3 Å². The largest absolute Gasteiger partial charge is 0.394 e. The molecule has 5 heteroatoms. The fraction of sp³-hybridized carbons (Fsp3) is 0.667. The zero-order valence-electron chi connectivity index (χ0n) is 10.3. The fourth-order valence-electron chi connectivity index (χ4n) is 2.32. The number of halogens is 1. The number of aromatic nitrogens is 2. The summed E-state index contributed by atoms with van der Waals surface area (Å²) in [5.41, 5.74) is 1.72. The summed E-state index contributed by atoms with van der Waals surface area (Å²) in [7, 11) is 0. The maximum absolute atomic E-state index is 9.56. The molecule has 0 saturated heterocycles. The van der Waals surface area contributed by atoms with E-state index in [2.05, 4.69) is 15.5 Å². The lowest BCUT2D eigenvalue weighted by atomic mass is 9.98. The standard InChI is InChI=1S/C12H18ClN3O/c1-8-9(2)11(16-15-10(8)13)14-12(7-17)5-3-4-6-12/h17H,3-7H2,1-2H3,(H,14,16). The summed E-state index contributed by atoms with van der Waals surface area (Å²) in [5.74, 6) is 0.739. The number of nitrogens with one attached hydrogen (secondary N) is 1. The zero-order valence-corrected chi connectivity index (χ0v) is 11.0. The number of hydrogen-bond acceptors (Lipinski definition) is 4. The molecular weight excluding hydrogens is 238 g/mol. The molecule has 1 fully saturated rings. The summed E-state index contributed by atoms with van der Waals surface area (Å²) in [4.78, 5) is 0. The Morgan fingerprint density at radius 1 is 1.24 bits per heavy atom. The third-order valence-electron chi connectivity index (χ3n) is 3.71. The van der Waals surface area contributed by atoms with Gasteiger partial charge in [-0.1, -0.05) is 24.4 Å². The molecule has 2 N–H and O–H groups in total. The van der Waals surface area contributed by atoms with E-state index in [4.69, 9.17) is 11.6 Å². The zero-order chi connectivity index (χ0) is 12.5. The number of aliphatic hydroxyl groups is 1. The highest BCUT2D eigenvalue weighted by atomic mass is 35.5. The molecule has 0 bridgehead atoms. The molecule has 0 spiro atoms. The van der Waals surface area contributed by atoms with Gasteiger partial charge in [-0.25, -0.2) is 0 Å². The molecule has 1 aliphatic carbocycles. The highest BCUT2D eigenvalue weighted by Gasteiger charge is 2.34. The van der Waals surface area contributed by atoms with E-state index in [1.54, 1.807) is 0 Å². The molecule has 1 heterocycles. The first-order valence-electron chi connectivity index (χ1n) is 5.96. The third kappa shape index (κ3) is 2.38. The Hall–Kier alpha value is -0.870. The van der Waals surface area contributed by atoms with E-state index in [0.29, 0.717) is 5.15 Å². The van der Waals surface area contributed by atoms with E-state index in [1.807, 2.05) is 13.8 Å². The van der Waals surface area contributed by atoms with Gasteiger partial charge in [0.15, 0.2) is 11.0 Å². The second-order valence-electron chi connectivity index (χ2n) is 4.86. The lowest BCUT2D eigenvalue weighted by Gasteiger charge is -2.29. The van der Waals surface area contributed by atoms with Crippen molar-refractivity contribution in [3.8, 4) is 0 Å². The van der Waals surface area contributed by atoms with Crippen LogP contribution in [0.1, 0.15) is 36.8 Å². The van der Waals surface area contributed by atoms with Crippen molar-refractivity contribution in [2.45, 2.75) is 45.1 Å². The third-order valence-corrected chi connectivity index (χ3v) is 4.07. The fourth-order valence-corrected chi connectivity index (χ4v) is 2.50. The summed E-state index contributed by atoms with van der Waals surface area (Å²) in [5, 5.41) is 21.4. The van der Waals surface area contributed by atoms with Crippen LogP contribution in [0.15, 0.2) is 0 Å². The number of nitrogens with zero attached hydrogens (tertiary/aromatic N) is 2. The summed E-state index contributed by atoms with van der Waals surface area (Å²) in [6.07, 6.45) is 4.25. The monoisotopic (exact) mass is 255 g/mol. The molecule has 94 valence electrons. The molecule has 1 saturated carbocycles. The highest BCUT2D eigenvalue weighted by molar-refractivity contribution is 6.30. The number of aliphatic hydroxyl groups excluding tert-OH is 1. The summed E-state index contributed by atoms with van der Waals surface area (Å²) >= 11 is 5.92. The average molecular weight is 256 g/mol. The van der Waals surface area contributed by atoms with Crippen molar-refractivity contribution in [2.75, 3.05) is 11.9 Å². The first kappa shape index (κ1) is 12.6. The minimum absolute atomic E-state index is 0.135. The lowest BCUT2D eigenvalue weighted by Crippen LogP contribution is -2.39. The summed E-state index contributed by atoms with van der Waals surface area (Å²) < 4.78 is 0. The number of hydrogen-bond donors (Lipinski definition) is 2. The Balaban J connectivity index is 2.26. The molecular formula is C12H18ClN3O. The molecule has 0 aromatic carbocycles. The van der Waals surface area contributed by atoms with E-state index in [0.717, 1.165) is 42.6 Å². The maximum atomic E-state index is 9.56. The first-order valence-corrected chi connectivity index (χ1v) is 6.34. The van der Waals surface area contributed by atoms with Gasteiger partial charge in [0.25, 0.3) is 0 Å². The van der Waals surface area contributed by atoms with Crippen LogP contribution in [0.5, 0.6) is 0 Å². The van der Waals surface area contributed by atoms with Gasteiger partial charge in [0.05, 0.1) is 12.1 Å². The van der Waals surface area contributed by atoms with Crippen LogP contribution in [-0.2, 0) is 0 Å². The Morgan fingerprint density at radius 3 is 2.47 bits per heavy atom. The lowest BCUT2D eigenvalue weighted by molar-refractivity contribution is 0.213. The Labute approximate surface area is 106 Å². The van der Waals surface area contributed by atoms with Gasteiger partial charge in [0, 0.05) is 0 Å². The van der Waals surface area contributed by atoms with Crippen LogP contribution in [0.3, 0.4) is 0 Å². The molecule has 1 aromatic rings. The summed E-state index contributed by atoms with van der Waals surface area (Å²) in [6, 6.07) is 0. The molecule has 0 aliphatic heterocycles. The van der Waals surface area contributed by atoms with E-state index in [-0.39, 0.29) is 12.1 Å². The molecule has 2 rings (SSSR count). The second kappa shape index (κ2) is 4.78.